The highest BCUT2D eigenvalue weighted by molar-refractivity contribution is 5.82. The lowest BCUT2D eigenvalue weighted by Gasteiger charge is -2.33. The Balaban J connectivity index is 1.98. The molecule has 1 atom stereocenters. The van der Waals surface area contributed by atoms with Crippen molar-refractivity contribution in [1.82, 2.24) is 10.6 Å². The molecule has 2 aromatic carbocycles. The molecule has 0 spiro atoms. The van der Waals surface area contributed by atoms with Crippen molar-refractivity contribution in [1.29, 1.82) is 0 Å². The third-order valence-corrected chi connectivity index (χ3v) is 4.27. The average Bonchev–Trinajstić information content (AvgIpc) is 2.57. The molecule has 0 bridgehead atoms. The smallest absolute Gasteiger partial charge is 0.227 e. The van der Waals surface area contributed by atoms with Crippen molar-refractivity contribution in [2.75, 3.05) is 13.6 Å². The van der Waals surface area contributed by atoms with Crippen LogP contribution in [0.15, 0.2) is 60.7 Å². The SMILES string of the molecule is CNC(c1ccccc1)C(C)(C)C(=O)NCCc1ccccc1. The van der Waals surface area contributed by atoms with Gasteiger partial charge in [0, 0.05) is 12.6 Å². The van der Waals surface area contributed by atoms with E-state index in [-0.39, 0.29) is 11.9 Å². The van der Waals surface area contributed by atoms with Crippen molar-refractivity contribution in [3.63, 3.8) is 0 Å². The predicted molar refractivity (Wildman–Crippen MR) is 95.2 cm³/mol. The van der Waals surface area contributed by atoms with Gasteiger partial charge in [0.05, 0.1) is 5.41 Å². The third-order valence-electron chi connectivity index (χ3n) is 4.27. The maximum Gasteiger partial charge on any atom is 0.227 e. The second-order valence-electron chi connectivity index (χ2n) is 6.35. The summed E-state index contributed by atoms with van der Waals surface area (Å²) in [6, 6.07) is 20.3. The molecule has 122 valence electrons. The van der Waals surface area contributed by atoms with Crippen LogP contribution in [0, 0.1) is 5.41 Å². The van der Waals surface area contributed by atoms with Crippen LogP contribution in [0.1, 0.15) is 31.0 Å². The molecule has 3 nitrogen and oxygen atoms in total. The molecule has 0 aliphatic rings. The van der Waals surface area contributed by atoms with Gasteiger partial charge in [0.1, 0.15) is 0 Å². The summed E-state index contributed by atoms with van der Waals surface area (Å²) in [4.78, 5) is 12.7. The lowest BCUT2D eigenvalue weighted by molar-refractivity contribution is -0.130. The Morgan fingerprint density at radius 3 is 2.13 bits per heavy atom. The van der Waals surface area contributed by atoms with E-state index in [0.29, 0.717) is 6.54 Å². The molecule has 2 N–H and O–H groups in total. The van der Waals surface area contributed by atoms with Gasteiger partial charge in [-0.3, -0.25) is 4.79 Å². The predicted octanol–water partition coefficient (Wildman–Crippen LogP) is 3.33. The Morgan fingerprint density at radius 2 is 1.57 bits per heavy atom. The largest absolute Gasteiger partial charge is 0.355 e. The van der Waals surface area contributed by atoms with Gasteiger partial charge in [-0.05, 0) is 38.4 Å². The highest BCUT2D eigenvalue weighted by Crippen LogP contribution is 2.33. The second-order valence-corrected chi connectivity index (χ2v) is 6.35. The van der Waals surface area contributed by atoms with Crippen LogP contribution in [0.2, 0.25) is 0 Å². The Kier molecular flexibility index (Phi) is 5.94. The van der Waals surface area contributed by atoms with E-state index in [1.54, 1.807) is 0 Å². The van der Waals surface area contributed by atoms with E-state index in [2.05, 4.69) is 34.9 Å². The molecule has 0 fully saturated rings. The number of nitrogens with one attached hydrogen (secondary N) is 2. The first-order chi connectivity index (χ1) is 11.1. The molecule has 2 rings (SSSR count). The molecular formula is C20H26N2O. The molecule has 0 heterocycles. The zero-order chi connectivity index (χ0) is 16.7. The van der Waals surface area contributed by atoms with Gasteiger partial charge >= 0.3 is 0 Å². The Hall–Kier alpha value is -2.13. The van der Waals surface area contributed by atoms with Crippen LogP contribution in [-0.2, 0) is 11.2 Å². The number of benzene rings is 2. The van der Waals surface area contributed by atoms with Crippen molar-refractivity contribution < 1.29 is 4.79 Å². The van der Waals surface area contributed by atoms with E-state index in [4.69, 9.17) is 0 Å². The molecule has 0 radical (unpaired) electrons. The quantitative estimate of drug-likeness (QED) is 0.823. The van der Waals surface area contributed by atoms with Crippen LogP contribution in [0.5, 0.6) is 0 Å². The van der Waals surface area contributed by atoms with E-state index in [9.17, 15) is 4.79 Å². The maximum absolute atomic E-state index is 12.7. The molecule has 1 unspecified atom stereocenters. The minimum Gasteiger partial charge on any atom is -0.355 e. The van der Waals surface area contributed by atoms with E-state index < -0.39 is 5.41 Å². The second kappa shape index (κ2) is 7.93. The van der Waals surface area contributed by atoms with Crippen molar-refractivity contribution in [2.24, 2.45) is 5.41 Å². The molecule has 2 aromatic rings. The maximum atomic E-state index is 12.7. The Morgan fingerprint density at radius 1 is 1.00 bits per heavy atom. The first kappa shape index (κ1) is 17.2. The number of carbonyl (C=O) groups excluding carboxylic acids is 1. The summed E-state index contributed by atoms with van der Waals surface area (Å²) in [6.07, 6.45) is 0.845. The number of rotatable bonds is 7. The molecule has 23 heavy (non-hydrogen) atoms. The Bertz CT molecular complexity index is 608. The summed E-state index contributed by atoms with van der Waals surface area (Å²) >= 11 is 0. The van der Waals surface area contributed by atoms with Crippen molar-refractivity contribution >= 4 is 5.91 Å². The van der Waals surface area contributed by atoms with E-state index in [1.165, 1.54) is 5.56 Å². The van der Waals surface area contributed by atoms with Crippen LogP contribution >= 0.6 is 0 Å². The summed E-state index contributed by atoms with van der Waals surface area (Å²) in [5, 5.41) is 6.36. The van der Waals surface area contributed by atoms with Crippen LogP contribution < -0.4 is 10.6 Å². The summed E-state index contributed by atoms with van der Waals surface area (Å²) in [5.41, 5.74) is 1.82. The zero-order valence-electron chi connectivity index (χ0n) is 14.2. The van der Waals surface area contributed by atoms with E-state index in [0.717, 1.165) is 12.0 Å². The summed E-state index contributed by atoms with van der Waals surface area (Å²) in [5.74, 6) is 0.0663. The van der Waals surface area contributed by atoms with Gasteiger partial charge in [0.25, 0.3) is 0 Å². The monoisotopic (exact) mass is 310 g/mol. The lowest BCUT2D eigenvalue weighted by Crippen LogP contribution is -2.45. The van der Waals surface area contributed by atoms with Crippen LogP contribution in [0.4, 0.5) is 0 Å². The number of hydrogen-bond acceptors (Lipinski definition) is 2. The fourth-order valence-electron chi connectivity index (χ4n) is 2.91. The van der Waals surface area contributed by atoms with Gasteiger partial charge in [-0.15, -0.1) is 0 Å². The molecule has 0 aromatic heterocycles. The van der Waals surface area contributed by atoms with Gasteiger partial charge in [0.2, 0.25) is 5.91 Å². The minimum atomic E-state index is -0.535. The van der Waals surface area contributed by atoms with Gasteiger partial charge < -0.3 is 10.6 Å². The molecule has 0 saturated carbocycles. The number of carbonyl (C=O) groups is 1. The van der Waals surface area contributed by atoms with Gasteiger partial charge in [-0.2, -0.15) is 0 Å². The molecule has 3 heteroatoms. The highest BCUT2D eigenvalue weighted by atomic mass is 16.2. The van der Waals surface area contributed by atoms with Gasteiger partial charge in [-0.1, -0.05) is 60.7 Å². The standard InChI is InChI=1S/C20H26N2O/c1-20(2,18(21-3)17-12-8-5-9-13-17)19(23)22-15-14-16-10-6-4-7-11-16/h4-13,18,21H,14-15H2,1-3H3,(H,22,23). The van der Waals surface area contributed by atoms with Crippen molar-refractivity contribution in [2.45, 2.75) is 26.3 Å². The minimum absolute atomic E-state index is 0.0274. The first-order valence-electron chi connectivity index (χ1n) is 8.10. The van der Waals surface area contributed by atoms with E-state index in [1.807, 2.05) is 57.3 Å². The fraction of sp³-hybridized carbons (Fsp3) is 0.350. The summed E-state index contributed by atoms with van der Waals surface area (Å²) < 4.78 is 0. The molecule has 0 saturated heterocycles. The molecule has 0 aliphatic carbocycles. The molecule has 0 aliphatic heterocycles. The average molecular weight is 310 g/mol. The normalized spacial score (nSPS) is 12.7. The lowest BCUT2D eigenvalue weighted by atomic mass is 9.79. The number of amides is 1. The van der Waals surface area contributed by atoms with Crippen molar-refractivity contribution in [3.8, 4) is 0 Å². The molecule has 1 amide bonds. The van der Waals surface area contributed by atoms with Crippen LogP contribution in [0.3, 0.4) is 0 Å². The first-order valence-corrected chi connectivity index (χ1v) is 8.10. The van der Waals surface area contributed by atoms with Crippen LogP contribution in [0.25, 0.3) is 0 Å². The third kappa shape index (κ3) is 4.42. The fourth-order valence-corrected chi connectivity index (χ4v) is 2.91. The molecular weight excluding hydrogens is 284 g/mol. The van der Waals surface area contributed by atoms with Crippen molar-refractivity contribution in [3.05, 3.63) is 71.8 Å². The summed E-state index contributed by atoms with van der Waals surface area (Å²) in [6.45, 7) is 4.62. The highest BCUT2D eigenvalue weighted by Gasteiger charge is 2.36. The summed E-state index contributed by atoms with van der Waals surface area (Å²) in [7, 11) is 1.90. The topological polar surface area (TPSA) is 41.1 Å². The van der Waals surface area contributed by atoms with Gasteiger partial charge in [-0.25, -0.2) is 0 Å². The number of hydrogen-bond donors (Lipinski definition) is 2. The zero-order valence-corrected chi connectivity index (χ0v) is 14.2. The van der Waals surface area contributed by atoms with Gasteiger partial charge in [0.15, 0.2) is 0 Å². The van der Waals surface area contributed by atoms with E-state index >= 15 is 0 Å². The Labute approximate surface area is 139 Å². The van der Waals surface area contributed by atoms with Crippen LogP contribution in [-0.4, -0.2) is 19.5 Å².